The van der Waals surface area contributed by atoms with E-state index in [0.29, 0.717) is 12.8 Å². The van der Waals surface area contributed by atoms with Crippen LogP contribution in [0.25, 0.3) is 0 Å². The Morgan fingerprint density at radius 3 is 2.62 bits per heavy atom. The number of aromatic nitrogens is 3. The van der Waals surface area contributed by atoms with Crippen molar-refractivity contribution in [3.05, 3.63) is 16.8 Å². The Balaban J connectivity index is 1.86. The molecule has 0 N–H and O–H groups in total. The van der Waals surface area contributed by atoms with Gasteiger partial charge in [0.15, 0.2) is 0 Å². The minimum atomic E-state index is -2.60. The molecule has 8 heteroatoms. The third kappa shape index (κ3) is 3.68. The molecule has 0 atom stereocenters. The Bertz CT molecular complexity index is 557. The molecule has 0 radical (unpaired) electrons. The van der Waals surface area contributed by atoms with E-state index in [2.05, 4.69) is 5.10 Å². The molecule has 0 spiro atoms. The van der Waals surface area contributed by atoms with E-state index >= 15 is 0 Å². The van der Waals surface area contributed by atoms with Gasteiger partial charge < -0.3 is 4.90 Å². The van der Waals surface area contributed by atoms with Crippen LogP contribution in [0.1, 0.15) is 32.1 Å². The molecule has 1 heterocycles. The maximum Gasteiger partial charge on any atom is 0.345 e. The average molecular weight is 302 g/mol. The van der Waals surface area contributed by atoms with Gasteiger partial charge in [0.25, 0.3) is 0 Å². The van der Waals surface area contributed by atoms with Crippen molar-refractivity contribution in [2.45, 2.75) is 50.6 Å². The van der Waals surface area contributed by atoms with Crippen LogP contribution < -0.4 is 5.69 Å². The highest BCUT2D eigenvalue weighted by Crippen LogP contribution is 2.34. The number of hydrogen-bond acceptors (Lipinski definition) is 3. The van der Waals surface area contributed by atoms with E-state index in [1.165, 1.54) is 20.5 Å². The number of rotatable bonds is 4. The van der Waals surface area contributed by atoms with Crippen molar-refractivity contribution in [2.75, 3.05) is 7.05 Å². The fourth-order valence-electron chi connectivity index (χ4n) is 2.57. The van der Waals surface area contributed by atoms with Gasteiger partial charge in [0.05, 0.1) is 6.54 Å². The molecule has 1 fully saturated rings. The number of alkyl halides is 2. The van der Waals surface area contributed by atoms with Crippen molar-refractivity contribution < 1.29 is 13.6 Å². The number of carbonyl (C=O) groups excluding carboxylic acids is 1. The summed E-state index contributed by atoms with van der Waals surface area (Å²) in [7, 11) is 3.22. The molecule has 6 nitrogen and oxygen atoms in total. The third-order valence-electron chi connectivity index (χ3n) is 4.05. The molecule has 2 rings (SSSR count). The second-order valence-electron chi connectivity index (χ2n) is 5.59. The van der Waals surface area contributed by atoms with Crippen LogP contribution in [0.3, 0.4) is 0 Å². The molecule has 118 valence electrons. The molecular formula is C13H20F2N4O2. The molecule has 1 aliphatic carbocycles. The molecule has 0 bridgehead atoms. The van der Waals surface area contributed by atoms with E-state index in [0.717, 1.165) is 0 Å². The molecule has 1 amide bonds. The van der Waals surface area contributed by atoms with Crippen LogP contribution in [0.2, 0.25) is 0 Å². The van der Waals surface area contributed by atoms with Crippen LogP contribution in [-0.2, 0) is 18.4 Å². The molecule has 21 heavy (non-hydrogen) atoms. The summed E-state index contributed by atoms with van der Waals surface area (Å²) >= 11 is 0. The van der Waals surface area contributed by atoms with Crippen LogP contribution in [0, 0.1) is 0 Å². The Kier molecular flexibility index (Phi) is 4.43. The zero-order valence-corrected chi connectivity index (χ0v) is 12.3. The van der Waals surface area contributed by atoms with Gasteiger partial charge in [-0.3, -0.25) is 9.36 Å². The summed E-state index contributed by atoms with van der Waals surface area (Å²) in [6, 6.07) is -0.141. The van der Waals surface area contributed by atoms with Crippen molar-refractivity contribution in [1.82, 2.24) is 19.2 Å². The lowest BCUT2D eigenvalue weighted by atomic mass is 9.91. The molecular weight excluding hydrogens is 282 g/mol. The summed E-state index contributed by atoms with van der Waals surface area (Å²) in [5.41, 5.74) is -0.275. The summed E-state index contributed by atoms with van der Waals surface area (Å²) in [5, 5.41) is 3.88. The lowest BCUT2D eigenvalue weighted by Gasteiger charge is -2.34. The maximum atomic E-state index is 13.1. The lowest BCUT2D eigenvalue weighted by Crippen LogP contribution is -2.42. The average Bonchev–Trinajstić information content (AvgIpc) is 2.75. The fraction of sp³-hybridized carbons (Fsp3) is 0.769. The number of nitrogens with zero attached hydrogens (tertiary/aromatic N) is 4. The van der Waals surface area contributed by atoms with Gasteiger partial charge in [-0.05, 0) is 12.8 Å². The van der Waals surface area contributed by atoms with Gasteiger partial charge in [0.2, 0.25) is 11.8 Å². The maximum absolute atomic E-state index is 13.1. The molecule has 0 saturated heterocycles. The first kappa shape index (κ1) is 15.7. The first-order valence-corrected chi connectivity index (χ1v) is 7.02. The van der Waals surface area contributed by atoms with Gasteiger partial charge in [-0.15, -0.1) is 0 Å². The molecule has 1 aliphatic rings. The van der Waals surface area contributed by atoms with Crippen molar-refractivity contribution in [1.29, 1.82) is 0 Å². The van der Waals surface area contributed by atoms with E-state index < -0.39 is 5.92 Å². The highest BCUT2D eigenvalue weighted by atomic mass is 19.3. The summed E-state index contributed by atoms with van der Waals surface area (Å²) in [5.74, 6) is -2.75. The van der Waals surface area contributed by atoms with Crippen molar-refractivity contribution in [3.63, 3.8) is 0 Å². The quantitative estimate of drug-likeness (QED) is 0.834. The SMILES string of the molecule is CN(C(=O)CCn1ncn(C)c1=O)C1CCC(F)(F)CC1. The lowest BCUT2D eigenvalue weighted by molar-refractivity contribution is -0.135. The van der Waals surface area contributed by atoms with Gasteiger partial charge in [0, 0.05) is 39.4 Å². The minimum Gasteiger partial charge on any atom is -0.343 e. The standard InChI is InChI=1S/C13H20F2N4O2/c1-17-9-16-19(12(17)21)8-5-11(20)18(2)10-3-6-13(14,15)7-4-10/h9-10H,3-8H2,1-2H3. The normalized spacial score (nSPS) is 18.7. The van der Waals surface area contributed by atoms with Gasteiger partial charge in [0.1, 0.15) is 6.33 Å². The van der Waals surface area contributed by atoms with E-state index in [1.54, 1.807) is 14.1 Å². The highest BCUT2D eigenvalue weighted by Gasteiger charge is 2.37. The molecule has 1 aromatic rings. The monoisotopic (exact) mass is 302 g/mol. The largest absolute Gasteiger partial charge is 0.345 e. The summed E-state index contributed by atoms with van der Waals surface area (Å²) in [6.07, 6.45) is 1.82. The van der Waals surface area contributed by atoms with Gasteiger partial charge in [-0.25, -0.2) is 18.3 Å². The number of hydrogen-bond donors (Lipinski definition) is 0. The molecule has 0 aliphatic heterocycles. The van der Waals surface area contributed by atoms with E-state index in [4.69, 9.17) is 0 Å². The highest BCUT2D eigenvalue weighted by molar-refractivity contribution is 5.76. The first-order valence-electron chi connectivity index (χ1n) is 7.02. The first-order chi connectivity index (χ1) is 9.80. The van der Waals surface area contributed by atoms with E-state index in [1.807, 2.05) is 0 Å². The number of aryl methyl sites for hydroxylation is 2. The zero-order valence-electron chi connectivity index (χ0n) is 12.3. The second kappa shape index (κ2) is 5.95. The summed E-state index contributed by atoms with van der Waals surface area (Å²) in [6.45, 7) is 0.200. The minimum absolute atomic E-state index is 0.139. The third-order valence-corrected chi connectivity index (χ3v) is 4.05. The molecule has 1 saturated carbocycles. The van der Waals surface area contributed by atoms with Crippen molar-refractivity contribution in [3.8, 4) is 0 Å². The van der Waals surface area contributed by atoms with Crippen molar-refractivity contribution in [2.24, 2.45) is 7.05 Å². The number of carbonyl (C=O) groups is 1. The Morgan fingerprint density at radius 2 is 2.10 bits per heavy atom. The Morgan fingerprint density at radius 1 is 1.48 bits per heavy atom. The van der Waals surface area contributed by atoms with Gasteiger partial charge >= 0.3 is 5.69 Å². The van der Waals surface area contributed by atoms with Crippen LogP contribution in [-0.4, -0.2) is 44.2 Å². The van der Waals surface area contributed by atoms with Crippen molar-refractivity contribution >= 4 is 5.91 Å². The zero-order chi connectivity index (χ0) is 15.6. The van der Waals surface area contributed by atoms with Gasteiger partial charge in [-0.1, -0.05) is 0 Å². The number of halogens is 2. The second-order valence-corrected chi connectivity index (χ2v) is 5.59. The van der Waals surface area contributed by atoms with Crippen LogP contribution in [0.5, 0.6) is 0 Å². The topological polar surface area (TPSA) is 60.1 Å². The van der Waals surface area contributed by atoms with E-state index in [9.17, 15) is 18.4 Å². The van der Waals surface area contributed by atoms with Crippen LogP contribution in [0.15, 0.2) is 11.1 Å². The predicted molar refractivity (Wildman–Crippen MR) is 72.1 cm³/mol. The smallest absolute Gasteiger partial charge is 0.343 e. The molecule has 0 aromatic carbocycles. The Hall–Kier alpha value is -1.73. The van der Waals surface area contributed by atoms with Gasteiger partial charge in [-0.2, -0.15) is 5.10 Å². The summed E-state index contributed by atoms with van der Waals surface area (Å²) < 4.78 is 28.8. The fourth-order valence-corrected chi connectivity index (χ4v) is 2.57. The van der Waals surface area contributed by atoms with Crippen LogP contribution >= 0.6 is 0 Å². The van der Waals surface area contributed by atoms with Crippen LogP contribution in [0.4, 0.5) is 8.78 Å². The molecule has 1 aromatic heterocycles. The Labute approximate surface area is 121 Å². The summed E-state index contributed by atoms with van der Waals surface area (Å²) in [4.78, 5) is 25.2. The van der Waals surface area contributed by atoms with E-state index in [-0.39, 0.29) is 43.4 Å². The predicted octanol–water partition coefficient (Wildman–Crippen LogP) is 1.01. The number of amides is 1. The molecule has 0 unspecified atom stereocenters.